The highest BCUT2D eigenvalue weighted by Crippen LogP contribution is 2.46. The molecular weight excluding hydrogens is 861 g/mol. The van der Waals surface area contributed by atoms with E-state index in [-0.39, 0.29) is 0 Å². The topological polar surface area (TPSA) is 21.3 Å². The third-order valence-corrected chi connectivity index (χ3v) is 14.4. The minimum Gasteiger partial charge on any atom is -0.456 e. The predicted molar refractivity (Wildman–Crippen MR) is 299 cm³/mol. The number of furan rings is 1. The molecule has 0 radical (unpaired) electrons. The maximum atomic E-state index is 6.30. The minimum absolute atomic E-state index is 0.894. The summed E-state index contributed by atoms with van der Waals surface area (Å²) < 4.78 is 8.67. The molecule has 0 amide bonds. The smallest absolute Gasteiger partial charge is 0.136 e. The van der Waals surface area contributed by atoms with Crippen LogP contribution in [0.4, 0.5) is 17.1 Å². The van der Waals surface area contributed by atoms with Crippen molar-refractivity contribution in [2.75, 3.05) is 4.90 Å². The SMILES string of the molecule is c1ccc(N(c2ccc(-c3ccc(-c4ccc(-n5c6ccccc6c6ccccc65)cc4)cc3)cc2)c2ccc(-c3cccc4oc5ccccc5c34)cc2)c(-c2cc3ccccc3c3ccccc23)c1. The van der Waals surface area contributed by atoms with Gasteiger partial charge in [0.25, 0.3) is 0 Å². The first kappa shape index (κ1) is 40.6. The molecule has 0 N–H and O–H groups in total. The molecule has 14 rings (SSSR count). The Balaban J connectivity index is 0.834. The van der Waals surface area contributed by atoms with Gasteiger partial charge in [-0.2, -0.15) is 0 Å². The molecule has 0 aliphatic rings. The van der Waals surface area contributed by atoms with Gasteiger partial charge in [-0.15, -0.1) is 0 Å². The summed E-state index contributed by atoms with van der Waals surface area (Å²) in [6.07, 6.45) is 0. The molecule has 0 bridgehead atoms. The lowest BCUT2D eigenvalue weighted by Crippen LogP contribution is -2.11. The molecule has 0 aliphatic heterocycles. The Labute approximate surface area is 411 Å². The Morgan fingerprint density at radius 3 is 1.42 bits per heavy atom. The zero-order chi connectivity index (χ0) is 46.8. The van der Waals surface area contributed by atoms with E-state index >= 15 is 0 Å². The van der Waals surface area contributed by atoms with Crippen LogP contribution in [0.3, 0.4) is 0 Å². The Hall–Kier alpha value is -9.44. The number of hydrogen-bond acceptors (Lipinski definition) is 2. The van der Waals surface area contributed by atoms with Crippen molar-refractivity contribution in [1.29, 1.82) is 0 Å². The van der Waals surface area contributed by atoms with Crippen LogP contribution in [0.5, 0.6) is 0 Å². The van der Waals surface area contributed by atoms with Crippen molar-refractivity contribution in [3.05, 3.63) is 267 Å². The maximum Gasteiger partial charge on any atom is 0.136 e. The number of rotatable bonds is 8. The second-order valence-electron chi connectivity index (χ2n) is 18.4. The van der Waals surface area contributed by atoms with Crippen LogP contribution in [-0.4, -0.2) is 4.57 Å². The van der Waals surface area contributed by atoms with Crippen molar-refractivity contribution in [3.63, 3.8) is 0 Å². The molecule has 2 aromatic heterocycles. The van der Waals surface area contributed by atoms with Gasteiger partial charge in [0.05, 0.1) is 16.7 Å². The molecule has 71 heavy (non-hydrogen) atoms. The number of nitrogens with zero attached hydrogens (tertiary/aromatic N) is 2. The van der Waals surface area contributed by atoms with Gasteiger partial charge in [0.1, 0.15) is 11.2 Å². The third-order valence-electron chi connectivity index (χ3n) is 14.4. The highest BCUT2D eigenvalue weighted by molar-refractivity contribution is 6.16. The molecule has 0 unspecified atom stereocenters. The molecular formula is C68H44N2O. The van der Waals surface area contributed by atoms with Crippen molar-refractivity contribution >= 4 is 82.4 Å². The number of aromatic nitrogens is 1. The van der Waals surface area contributed by atoms with Gasteiger partial charge in [0.2, 0.25) is 0 Å². The van der Waals surface area contributed by atoms with Gasteiger partial charge < -0.3 is 13.9 Å². The fourth-order valence-electron chi connectivity index (χ4n) is 11.1. The van der Waals surface area contributed by atoms with Gasteiger partial charge in [-0.05, 0) is 133 Å². The lowest BCUT2D eigenvalue weighted by atomic mass is 9.92. The molecule has 12 aromatic carbocycles. The summed E-state index contributed by atoms with van der Waals surface area (Å²) in [7, 11) is 0. The van der Waals surface area contributed by atoms with Crippen LogP contribution in [0.25, 0.3) is 115 Å². The van der Waals surface area contributed by atoms with E-state index < -0.39 is 0 Å². The highest BCUT2D eigenvalue weighted by Gasteiger charge is 2.21. The van der Waals surface area contributed by atoms with E-state index in [1.165, 1.54) is 65.6 Å². The standard InChI is InChI=1S/C68H44N2O/c1-2-15-54-50(14-1)44-62(57-17-4-3-16-56(54)57)60-20-7-9-23-63(60)69(52-42-36-49(37-43-52)55-22-13-27-67-68(55)61-21-8-12-26-66(61)71-67)51-38-32-47(33-39-51)45-28-30-46(31-29-45)48-34-40-53(41-35-48)70-64-24-10-5-18-58(64)59-19-6-11-25-65(59)70/h1-44H. The quantitative estimate of drug-likeness (QED) is 0.142. The van der Waals surface area contributed by atoms with E-state index in [0.717, 1.165) is 66.9 Å². The van der Waals surface area contributed by atoms with Crippen molar-refractivity contribution in [2.24, 2.45) is 0 Å². The molecule has 0 aliphatic carbocycles. The van der Waals surface area contributed by atoms with Crippen LogP contribution in [0.15, 0.2) is 271 Å². The summed E-state index contributed by atoms with van der Waals surface area (Å²) in [6.45, 7) is 0. The first-order chi connectivity index (χ1) is 35.2. The average Bonchev–Trinajstić information content (AvgIpc) is 4.00. The number of fused-ring (bicyclic) bond motifs is 9. The first-order valence-electron chi connectivity index (χ1n) is 24.3. The maximum absolute atomic E-state index is 6.30. The summed E-state index contributed by atoms with van der Waals surface area (Å²) in [5.74, 6) is 0. The lowest BCUT2D eigenvalue weighted by Gasteiger charge is -2.28. The summed E-state index contributed by atoms with van der Waals surface area (Å²) in [6, 6.07) is 96.7. The number of para-hydroxylation sites is 4. The molecule has 3 heteroatoms. The van der Waals surface area contributed by atoms with Crippen molar-refractivity contribution < 1.29 is 4.42 Å². The zero-order valence-electron chi connectivity index (χ0n) is 38.7. The van der Waals surface area contributed by atoms with E-state index in [0.29, 0.717) is 0 Å². The van der Waals surface area contributed by atoms with E-state index in [1.807, 2.05) is 12.1 Å². The summed E-state index contributed by atoms with van der Waals surface area (Å²) in [5.41, 5.74) is 18.0. The van der Waals surface area contributed by atoms with Crippen molar-refractivity contribution in [2.45, 2.75) is 0 Å². The fraction of sp³-hybridized carbons (Fsp3) is 0. The Kier molecular flexibility index (Phi) is 9.53. The summed E-state index contributed by atoms with van der Waals surface area (Å²) in [4.78, 5) is 2.41. The largest absolute Gasteiger partial charge is 0.456 e. The lowest BCUT2D eigenvalue weighted by molar-refractivity contribution is 0.669. The van der Waals surface area contributed by atoms with Gasteiger partial charge in [-0.1, -0.05) is 194 Å². The molecule has 0 fully saturated rings. The molecule has 0 saturated carbocycles. The number of anilines is 3. The van der Waals surface area contributed by atoms with Crippen LogP contribution in [0.2, 0.25) is 0 Å². The predicted octanol–water partition coefficient (Wildman–Crippen LogP) is 19.1. The second kappa shape index (κ2) is 16.7. The molecule has 332 valence electrons. The van der Waals surface area contributed by atoms with Crippen LogP contribution >= 0.6 is 0 Å². The van der Waals surface area contributed by atoms with E-state index in [2.05, 4.69) is 264 Å². The first-order valence-corrected chi connectivity index (χ1v) is 24.3. The molecule has 0 saturated heterocycles. The number of hydrogen-bond donors (Lipinski definition) is 0. The Morgan fingerprint density at radius 2 is 0.761 bits per heavy atom. The zero-order valence-corrected chi connectivity index (χ0v) is 38.7. The Bertz CT molecular complexity index is 4260. The van der Waals surface area contributed by atoms with Crippen LogP contribution in [0, 0.1) is 0 Å². The minimum atomic E-state index is 0.894. The average molecular weight is 905 g/mol. The van der Waals surface area contributed by atoms with Gasteiger partial charge >= 0.3 is 0 Å². The van der Waals surface area contributed by atoms with E-state index in [1.54, 1.807) is 0 Å². The number of benzene rings is 12. The van der Waals surface area contributed by atoms with E-state index in [9.17, 15) is 0 Å². The van der Waals surface area contributed by atoms with Crippen molar-refractivity contribution in [3.8, 4) is 50.2 Å². The summed E-state index contributed by atoms with van der Waals surface area (Å²) >= 11 is 0. The summed E-state index contributed by atoms with van der Waals surface area (Å²) in [5, 5.41) is 9.76. The van der Waals surface area contributed by atoms with Crippen LogP contribution < -0.4 is 4.90 Å². The molecule has 3 nitrogen and oxygen atoms in total. The highest BCUT2D eigenvalue weighted by atomic mass is 16.3. The van der Waals surface area contributed by atoms with Crippen molar-refractivity contribution in [1.82, 2.24) is 4.57 Å². The van der Waals surface area contributed by atoms with Gasteiger partial charge in [-0.25, -0.2) is 0 Å². The van der Waals surface area contributed by atoms with Crippen LogP contribution in [0.1, 0.15) is 0 Å². The molecule has 0 spiro atoms. The fourth-order valence-corrected chi connectivity index (χ4v) is 11.1. The van der Waals surface area contributed by atoms with Gasteiger partial charge in [0, 0.05) is 44.2 Å². The molecule has 0 atom stereocenters. The van der Waals surface area contributed by atoms with Gasteiger partial charge in [0.15, 0.2) is 0 Å². The second-order valence-corrected chi connectivity index (χ2v) is 18.4. The van der Waals surface area contributed by atoms with E-state index in [4.69, 9.17) is 4.42 Å². The monoisotopic (exact) mass is 904 g/mol. The molecule has 2 heterocycles. The third kappa shape index (κ3) is 6.82. The molecule has 14 aromatic rings. The van der Waals surface area contributed by atoms with Gasteiger partial charge in [-0.3, -0.25) is 0 Å². The normalized spacial score (nSPS) is 11.7. The Morgan fingerprint density at radius 1 is 0.296 bits per heavy atom. The van der Waals surface area contributed by atoms with Crippen LogP contribution in [-0.2, 0) is 0 Å².